The first-order chi connectivity index (χ1) is 9.53. The van der Waals surface area contributed by atoms with E-state index in [4.69, 9.17) is 4.74 Å². The van der Waals surface area contributed by atoms with E-state index in [-0.39, 0.29) is 5.60 Å². The summed E-state index contributed by atoms with van der Waals surface area (Å²) in [4.78, 5) is 0. The number of H-pyrrole nitrogens is 1. The predicted molar refractivity (Wildman–Crippen MR) is 78.7 cm³/mol. The minimum Gasteiger partial charge on any atom is -0.487 e. The number of nitrogens with one attached hydrogen (secondary N) is 2. The van der Waals surface area contributed by atoms with Gasteiger partial charge in [0.2, 0.25) is 0 Å². The molecular weight excluding hydrogens is 250 g/mol. The molecule has 1 aliphatic rings. The number of aromatic nitrogens is 2. The van der Waals surface area contributed by atoms with Gasteiger partial charge < -0.3 is 10.1 Å². The van der Waals surface area contributed by atoms with Crippen LogP contribution in [0.4, 0.5) is 0 Å². The first-order valence-electron chi connectivity index (χ1n) is 7.04. The Kier molecular flexibility index (Phi) is 3.26. The van der Waals surface area contributed by atoms with Gasteiger partial charge in [0.05, 0.1) is 6.20 Å². The number of hydrogen-bond donors (Lipinski definition) is 2. The fourth-order valence-corrected chi connectivity index (χ4v) is 2.67. The third kappa shape index (κ3) is 2.70. The third-order valence-corrected chi connectivity index (χ3v) is 3.71. The number of hydrogen-bond acceptors (Lipinski definition) is 3. The Morgan fingerprint density at radius 3 is 2.95 bits per heavy atom. The highest BCUT2D eigenvalue weighted by Gasteiger charge is 2.29. The molecule has 4 nitrogen and oxygen atoms in total. The molecule has 0 radical (unpaired) electrons. The third-order valence-electron chi connectivity index (χ3n) is 3.71. The zero-order chi connectivity index (χ0) is 14.2. The first kappa shape index (κ1) is 13.2. The van der Waals surface area contributed by atoms with Gasteiger partial charge in [0.25, 0.3) is 0 Å². The van der Waals surface area contributed by atoms with Gasteiger partial charge >= 0.3 is 0 Å². The van der Waals surface area contributed by atoms with E-state index in [0.29, 0.717) is 0 Å². The number of aromatic amines is 1. The second-order valence-corrected chi connectivity index (χ2v) is 6.10. The molecule has 0 aliphatic carbocycles. The summed E-state index contributed by atoms with van der Waals surface area (Å²) < 4.78 is 5.90. The highest BCUT2D eigenvalue weighted by molar-refractivity contribution is 5.41. The molecule has 2 aromatic rings. The second kappa shape index (κ2) is 4.94. The van der Waals surface area contributed by atoms with Crippen LogP contribution in [0, 0.1) is 6.92 Å². The van der Waals surface area contributed by atoms with Crippen molar-refractivity contribution in [1.82, 2.24) is 15.5 Å². The molecule has 0 atom stereocenters. The van der Waals surface area contributed by atoms with Crippen molar-refractivity contribution >= 4 is 0 Å². The van der Waals surface area contributed by atoms with Crippen molar-refractivity contribution < 1.29 is 4.74 Å². The Hall–Kier alpha value is -1.81. The number of ether oxygens (including phenoxy) is 1. The normalized spacial score (nSPS) is 15.9. The molecule has 0 unspecified atom stereocenters. The van der Waals surface area contributed by atoms with Gasteiger partial charge in [-0.05, 0) is 38.0 Å². The Labute approximate surface area is 119 Å². The standard InChI is InChI=1S/C16H21N3O/c1-11-14(10-18-19-11)9-17-8-12-4-5-15-13(6-12)7-16(2,3)20-15/h4-6,10,17H,7-9H2,1-3H3,(H,18,19). The average Bonchev–Trinajstić information content (AvgIpc) is 2.91. The molecule has 2 heterocycles. The zero-order valence-electron chi connectivity index (χ0n) is 12.3. The Morgan fingerprint density at radius 1 is 1.35 bits per heavy atom. The molecule has 1 aliphatic heterocycles. The van der Waals surface area contributed by atoms with Crippen molar-refractivity contribution in [2.75, 3.05) is 0 Å². The predicted octanol–water partition coefficient (Wildman–Crippen LogP) is 2.72. The monoisotopic (exact) mass is 271 g/mol. The molecular formula is C16H21N3O. The van der Waals surface area contributed by atoms with Crippen molar-refractivity contribution in [2.45, 2.75) is 45.9 Å². The molecule has 0 amide bonds. The molecule has 2 N–H and O–H groups in total. The van der Waals surface area contributed by atoms with E-state index in [1.807, 2.05) is 13.1 Å². The summed E-state index contributed by atoms with van der Waals surface area (Å²) in [5.41, 5.74) is 4.89. The largest absolute Gasteiger partial charge is 0.487 e. The van der Waals surface area contributed by atoms with Crippen LogP contribution in [0.15, 0.2) is 24.4 Å². The van der Waals surface area contributed by atoms with Crippen LogP contribution in [-0.2, 0) is 19.5 Å². The van der Waals surface area contributed by atoms with E-state index in [0.717, 1.165) is 31.0 Å². The molecule has 1 aromatic heterocycles. The van der Waals surface area contributed by atoms with Crippen LogP contribution in [0.25, 0.3) is 0 Å². The van der Waals surface area contributed by atoms with Gasteiger partial charge in [-0.15, -0.1) is 0 Å². The van der Waals surface area contributed by atoms with Crippen LogP contribution in [0.5, 0.6) is 5.75 Å². The molecule has 0 bridgehead atoms. The average molecular weight is 271 g/mol. The lowest BCUT2D eigenvalue weighted by Crippen LogP contribution is -2.24. The number of nitrogens with zero attached hydrogens (tertiary/aromatic N) is 1. The topological polar surface area (TPSA) is 49.9 Å². The van der Waals surface area contributed by atoms with Crippen LogP contribution in [0.1, 0.15) is 36.2 Å². The number of rotatable bonds is 4. The molecule has 20 heavy (non-hydrogen) atoms. The molecule has 3 rings (SSSR count). The van der Waals surface area contributed by atoms with Crippen molar-refractivity contribution in [1.29, 1.82) is 0 Å². The van der Waals surface area contributed by atoms with Crippen molar-refractivity contribution in [3.63, 3.8) is 0 Å². The quantitative estimate of drug-likeness (QED) is 0.899. The summed E-state index contributed by atoms with van der Waals surface area (Å²) in [6, 6.07) is 6.47. The summed E-state index contributed by atoms with van der Waals surface area (Å²) in [6.45, 7) is 8.00. The van der Waals surface area contributed by atoms with Gasteiger partial charge in [0, 0.05) is 30.8 Å². The van der Waals surface area contributed by atoms with Crippen molar-refractivity contribution in [3.8, 4) is 5.75 Å². The van der Waals surface area contributed by atoms with Crippen LogP contribution in [0.2, 0.25) is 0 Å². The number of fused-ring (bicyclic) bond motifs is 1. The van der Waals surface area contributed by atoms with Crippen molar-refractivity contribution in [3.05, 3.63) is 46.8 Å². The number of benzene rings is 1. The molecule has 0 spiro atoms. The van der Waals surface area contributed by atoms with E-state index in [1.54, 1.807) is 0 Å². The van der Waals surface area contributed by atoms with E-state index in [2.05, 4.69) is 47.6 Å². The molecule has 4 heteroatoms. The lowest BCUT2D eigenvalue weighted by atomic mass is 10.0. The summed E-state index contributed by atoms with van der Waals surface area (Å²) in [5, 5.41) is 10.4. The van der Waals surface area contributed by atoms with Gasteiger partial charge in [-0.25, -0.2) is 0 Å². The Morgan fingerprint density at radius 2 is 2.20 bits per heavy atom. The van der Waals surface area contributed by atoms with Crippen molar-refractivity contribution in [2.24, 2.45) is 0 Å². The fourth-order valence-electron chi connectivity index (χ4n) is 2.67. The van der Waals surface area contributed by atoms with E-state index < -0.39 is 0 Å². The minimum absolute atomic E-state index is 0.0672. The Bertz CT molecular complexity index is 616. The number of aryl methyl sites for hydroxylation is 1. The first-order valence-corrected chi connectivity index (χ1v) is 7.04. The fraction of sp³-hybridized carbons (Fsp3) is 0.438. The highest BCUT2D eigenvalue weighted by Crippen LogP contribution is 2.35. The van der Waals surface area contributed by atoms with Gasteiger partial charge in [0.15, 0.2) is 0 Å². The maximum Gasteiger partial charge on any atom is 0.123 e. The molecule has 0 saturated carbocycles. The summed E-state index contributed by atoms with van der Waals surface area (Å²) >= 11 is 0. The van der Waals surface area contributed by atoms with Gasteiger partial charge in [-0.3, -0.25) is 5.10 Å². The lowest BCUT2D eigenvalue weighted by molar-refractivity contribution is 0.138. The summed E-state index contributed by atoms with van der Waals surface area (Å²) in [5.74, 6) is 1.03. The van der Waals surface area contributed by atoms with Crippen LogP contribution in [0.3, 0.4) is 0 Å². The lowest BCUT2D eigenvalue weighted by Gasteiger charge is -2.16. The van der Waals surface area contributed by atoms with Gasteiger partial charge in [-0.1, -0.05) is 12.1 Å². The molecule has 106 valence electrons. The molecule has 1 aromatic carbocycles. The van der Waals surface area contributed by atoms with Crippen LogP contribution in [-0.4, -0.2) is 15.8 Å². The highest BCUT2D eigenvalue weighted by atomic mass is 16.5. The van der Waals surface area contributed by atoms with Crippen LogP contribution < -0.4 is 10.1 Å². The van der Waals surface area contributed by atoms with E-state index >= 15 is 0 Å². The zero-order valence-corrected chi connectivity index (χ0v) is 12.3. The summed E-state index contributed by atoms with van der Waals surface area (Å²) in [6.07, 6.45) is 2.86. The smallest absolute Gasteiger partial charge is 0.123 e. The van der Waals surface area contributed by atoms with Gasteiger partial charge in [0.1, 0.15) is 11.4 Å². The maximum atomic E-state index is 5.90. The summed E-state index contributed by atoms with van der Waals surface area (Å²) in [7, 11) is 0. The molecule has 0 fully saturated rings. The SMILES string of the molecule is Cc1[nH]ncc1CNCc1ccc2c(c1)CC(C)(C)O2. The minimum atomic E-state index is -0.0672. The molecule has 0 saturated heterocycles. The van der Waals surface area contributed by atoms with E-state index in [1.165, 1.54) is 16.7 Å². The van der Waals surface area contributed by atoms with Gasteiger partial charge in [-0.2, -0.15) is 5.10 Å². The van der Waals surface area contributed by atoms with E-state index in [9.17, 15) is 0 Å². The Balaban J connectivity index is 1.61. The maximum absolute atomic E-state index is 5.90. The second-order valence-electron chi connectivity index (χ2n) is 6.10. The van der Waals surface area contributed by atoms with Crippen LogP contribution >= 0.6 is 0 Å².